The van der Waals surface area contributed by atoms with Crippen LogP contribution < -0.4 is 0 Å². The van der Waals surface area contributed by atoms with Crippen molar-refractivity contribution >= 4 is 16.7 Å². The Kier molecular flexibility index (Phi) is 14.3. The predicted octanol–water partition coefficient (Wildman–Crippen LogP) is 11.4. The smallest absolute Gasteiger partial charge is 0.162 e. The summed E-state index contributed by atoms with van der Waals surface area (Å²) in [6.45, 7) is 6.60. The second kappa shape index (κ2) is 17.4. The van der Waals surface area contributed by atoms with Gasteiger partial charge < -0.3 is 5.11 Å². The largest absolute Gasteiger partial charge is 0.512 e. The molecule has 1 N–H and O–H groups in total. The van der Waals surface area contributed by atoms with Gasteiger partial charge in [0.15, 0.2) is 5.78 Å². The first-order valence-corrected chi connectivity index (χ1v) is 16.7. The van der Waals surface area contributed by atoms with Crippen molar-refractivity contribution in [3.8, 4) is 11.3 Å². The minimum absolute atomic E-state index is 0. The Morgan fingerprint density at radius 3 is 2.09 bits per heavy atom. The van der Waals surface area contributed by atoms with Gasteiger partial charge in [-0.3, -0.25) is 9.78 Å². The summed E-state index contributed by atoms with van der Waals surface area (Å²) in [7, 11) is 0. The van der Waals surface area contributed by atoms with Crippen LogP contribution in [-0.2, 0) is 24.9 Å². The predicted molar refractivity (Wildman–Crippen MR) is 181 cm³/mol. The molecule has 1 aromatic heterocycles. The van der Waals surface area contributed by atoms with E-state index < -0.39 is 0 Å². The van der Waals surface area contributed by atoms with Crippen LogP contribution in [-0.4, -0.2) is 15.9 Å². The standard InChI is InChI=1S/C24H26N.C15H24O2.CH4.Ir/c1-16-4-6-19(7-5-16)20-8-10-23-21(15-20)9-11-24(25-23)22-13-17(2)12-18(3)14-22;16-14(12-7-3-1-4-8-12)11-15(17)13-9-5-2-6-10-13;;/h8-13,15-16,19H,4-7H2,1-3H3;11-13,16H,1-10H2;1H4;/q-1;;;. The topological polar surface area (TPSA) is 50.2 Å². The number of allylic oxidation sites excluding steroid dienone is 2. The van der Waals surface area contributed by atoms with Crippen LogP contribution in [0, 0.1) is 37.7 Å². The minimum Gasteiger partial charge on any atom is -0.512 e. The van der Waals surface area contributed by atoms with Crippen LogP contribution in [0.5, 0.6) is 0 Å². The van der Waals surface area contributed by atoms with Crippen LogP contribution in [0.15, 0.2) is 54.3 Å². The number of pyridine rings is 1. The minimum atomic E-state index is 0. The molecule has 0 spiro atoms. The summed E-state index contributed by atoms with van der Waals surface area (Å²) in [6.07, 6.45) is 18.4. The molecule has 3 aromatic rings. The second-order valence-electron chi connectivity index (χ2n) is 13.5. The van der Waals surface area contributed by atoms with Crippen molar-refractivity contribution in [1.29, 1.82) is 0 Å². The molecule has 3 fully saturated rings. The van der Waals surface area contributed by atoms with Gasteiger partial charge in [-0.25, -0.2) is 0 Å². The molecule has 1 radical (unpaired) electrons. The Morgan fingerprint density at radius 1 is 0.818 bits per heavy atom. The fraction of sp³-hybridized carbons (Fsp3) is 0.550. The van der Waals surface area contributed by atoms with Gasteiger partial charge in [-0.1, -0.05) is 97.8 Å². The number of aliphatic hydroxyl groups is 1. The van der Waals surface area contributed by atoms with Crippen molar-refractivity contribution in [3.05, 3.63) is 77.1 Å². The molecule has 0 aliphatic heterocycles. The van der Waals surface area contributed by atoms with Gasteiger partial charge in [-0.15, -0.1) is 34.9 Å². The maximum atomic E-state index is 12.0. The number of benzene rings is 2. The number of nitrogens with zero attached hydrogens (tertiary/aromatic N) is 1. The van der Waals surface area contributed by atoms with Crippen molar-refractivity contribution in [1.82, 2.24) is 4.98 Å². The maximum absolute atomic E-state index is 12.0. The SMILES string of the molecule is C.Cc1[c-]c(-c2ccc3cc(C4CCC(C)CC4)ccc3n2)cc(C)c1.O=C(C=C(O)C1CCCCC1)C1CCCCC1.[Ir]. The molecule has 0 amide bonds. The van der Waals surface area contributed by atoms with Gasteiger partial charge in [-0.05, 0) is 79.1 Å². The summed E-state index contributed by atoms with van der Waals surface area (Å²) in [5.41, 5.74) is 7.10. The molecular weight excluding hydrogens is 719 g/mol. The summed E-state index contributed by atoms with van der Waals surface area (Å²) in [5, 5.41) is 11.3. The van der Waals surface area contributed by atoms with E-state index in [9.17, 15) is 9.90 Å². The van der Waals surface area contributed by atoms with E-state index in [4.69, 9.17) is 4.98 Å². The Labute approximate surface area is 280 Å². The molecule has 3 nitrogen and oxygen atoms in total. The maximum Gasteiger partial charge on any atom is 0.162 e. The number of hydrogen-bond acceptors (Lipinski definition) is 3. The number of aryl methyl sites for hydroxylation is 2. The summed E-state index contributed by atoms with van der Waals surface area (Å²) in [6, 6.07) is 19.0. The zero-order chi connectivity index (χ0) is 29.5. The molecule has 4 heteroatoms. The van der Waals surface area contributed by atoms with Crippen LogP contribution in [0.2, 0.25) is 0 Å². The molecular formula is C40H54IrNO2-. The summed E-state index contributed by atoms with van der Waals surface area (Å²) in [4.78, 5) is 16.9. The van der Waals surface area contributed by atoms with E-state index in [0.29, 0.717) is 5.76 Å². The molecule has 6 rings (SSSR count). The first-order valence-electron chi connectivity index (χ1n) is 16.7. The zero-order valence-corrected chi connectivity index (χ0v) is 28.9. The molecule has 0 atom stereocenters. The number of fused-ring (bicyclic) bond motifs is 1. The average Bonchev–Trinajstić information content (AvgIpc) is 3.01. The van der Waals surface area contributed by atoms with Gasteiger partial charge >= 0.3 is 0 Å². The van der Waals surface area contributed by atoms with E-state index in [1.54, 1.807) is 6.08 Å². The van der Waals surface area contributed by atoms with Crippen molar-refractivity contribution < 1.29 is 30.0 Å². The van der Waals surface area contributed by atoms with Crippen molar-refractivity contribution in [2.45, 2.75) is 124 Å². The number of ketones is 1. The molecule has 0 unspecified atom stereocenters. The first kappa shape index (κ1) is 36.2. The Hall–Kier alpha value is -2.29. The normalized spacial score (nSPS) is 21.4. The third-order valence-electron chi connectivity index (χ3n) is 9.95. The number of aromatic nitrogens is 1. The summed E-state index contributed by atoms with van der Waals surface area (Å²) < 4.78 is 0. The number of rotatable bonds is 5. The summed E-state index contributed by atoms with van der Waals surface area (Å²) in [5.74, 6) is 2.61. The molecule has 1 heterocycles. The third kappa shape index (κ3) is 9.85. The van der Waals surface area contributed by atoms with E-state index in [1.807, 2.05) is 0 Å². The second-order valence-corrected chi connectivity index (χ2v) is 13.5. The van der Waals surface area contributed by atoms with E-state index in [0.717, 1.165) is 54.3 Å². The fourth-order valence-corrected chi connectivity index (χ4v) is 7.34. The van der Waals surface area contributed by atoms with E-state index in [1.165, 1.54) is 86.3 Å². The number of carbonyl (C=O) groups is 1. The van der Waals surface area contributed by atoms with Gasteiger partial charge in [-0.2, -0.15) is 0 Å². The number of carbonyl (C=O) groups excluding carboxylic acids is 1. The molecule has 3 aliphatic carbocycles. The van der Waals surface area contributed by atoms with Crippen LogP contribution in [0.3, 0.4) is 0 Å². The molecule has 241 valence electrons. The zero-order valence-electron chi connectivity index (χ0n) is 26.5. The third-order valence-corrected chi connectivity index (χ3v) is 9.95. The van der Waals surface area contributed by atoms with E-state index in [2.05, 4.69) is 69.3 Å². The molecule has 3 saturated carbocycles. The van der Waals surface area contributed by atoms with Crippen LogP contribution >= 0.6 is 0 Å². The fourth-order valence-electron chi connectivity index (χ4n) is 7.34. The van der Waals surface area contributed by atoms with Crippen LogP contribution in [0.25, 0.3) is 22.2 Å². The monoisotopic (exact) mass is 773 g/mol. The van der Waals surface area contributed by atoms with E-state index >= 15 is 0 Å². The van der Waals surface area contributed by atoms with Crippen molar-refractivity contribution in [2.24, 2.45) is 17.8 Å². The Bertz CT molecular complexity index is 1360. The van der Waals surface area contributed by atoms with Gasteiger partial charge in [0.25, 0.3) is 0 Å². The molecule has 2 aromatic carbocycles. The average molecular weight is 773 g/mol. The van der Waals surface area contributed by atoms with E-state index in [-0.39, 0.29) is 45.2 Å². The van der Waals surface area contributed by atoms with Crippen LogP contribution in [0.4, 0.5) is 0 Å². The van der Waals surface area contributed by atoms with Crippen molar-refractivity contribution in [3.63, 3.8) is 0 Å². The van der Waals surface area contributed by atoms with Gasteiger partial charge in [0.05, 0.1) is 11.3 Å². The molecule has 0 saturated heterocycles. The Morgan fingerprint density at radius 2 is 1.45 bits per heavy atom. The first-order chi connectivity index (χ1) is 20.4. The molecule has 0 bridgehead atoms. The van der Waals surface area contributed by atoms with Crippen LogP contribution in [0.1, 0.15) is 127 Å². The van der Waals surface area contributed by atoms with Gasteiger partial charge in [0.1, 0.15) is 0 Å². The van der Waals surface area contributed by atoms with Crippen molar-refractivity contribution in [2.75, 3.05) is 0 Å². The van der Waals surface area contributed by atoms with Gasteiger partial charge in [0, 0.05) is 38.0 Å². The number of aliphatic hydroxyl groups excluding tert-OH is 1. The number of hydrogen-bond donors (Lipinski definition) is 1. The quantitative estimate of drug-likeness (QED) is 0.160. The molecule has 44 heavy (non-hydrogen) atoms. The van der Waals surface area contributed by atoms with Gasteiger partial charge in [0.2, 0.25) is 0 Å². The Balaban J connectivity index is 0.000000246. The summed E-state index contributed by atoms with van der Waals surface area (Å²) >= 11 is 0. The molecule has 3 aliphatic rings.